The van der Waals surface area contributed by atoms with Crippen molar-refractivity contribution in [3.8, 4) is 5.75 Å². The molecule has 4 unspecified atom stereocenters. The summed E-state index contributed by atoms with van der Waals surface area (Å²) in [5, 5.41) is 15.3. The molecule has 3 heterocycles. The number of halogens is 1. The second-order valence-corrected chi connectivity index (χ2v) is 14.8. The molecule has 3 fully saturated rings. The van der Waals surface area contributed by atoms with E-state index >= 15 is 0 Å². The molecule has 4 aliphatic rings. The number of H-pyrrole nitrogens is 1. The second-order valence-electron chi connectivity index (χ2n) is 12.1. The van der Waals surface area contributed by atoms with E-state index in [0.717, 1.165) is 26.8 Å². The van der Waals surface area contributed by atoms with E-state index in [0.29, 0.717) is 28.6 Å². The molecule has 1 saturated heterocycles. The number of carbonyl (C=O) groups is 3. The Bertz CT molecular complexity index is 2010. The second kappa shape index (κ2) is 11.4. The van der Waals surface area contributed by atoms with Crippen molar-refractivity contribution < 1.29 is 24.0 Å². The number of thioether (sulfide) groups is 1. The summed E-state index contributed by atoms with van der Waals surface area (Å²) in [6, 6.07) is 19.7. The predicted octanol–water partition coefficient (Wildman–Crippen LogP) is 5.69. The first-order valence-electron chi connectivity index (χ1n) is 15.0. The van der Waals surface area contributed by atoms with E-state index in [1.165, 1.54) is 29.2 Å². The highest BCUT2D eigenvalue weighted by atomic mass is 35.5. The molecule has 14 heteroatoms. The first kappa shape index (κ1) is 29.9. The molecule has 2 N–H and O–H groups in total. The van der Waals surface area contributed by atoms with Crippen LogP contribution >= 0.6 is 34.7 Å². The molecule has 238 valence electrons. The van der Waals surface area contributed by atoms with E-state index in [-0.39, 0.29) is 63.8 Å². The normalized spacial score (nSPS) is 26.9. The highest BCUT2D eigenvalue weighted by Gasteiger charge is 2.69. The number of thiazole rings is 1. The summed E-state index contributed by atoms with van der Waals surface area (Å²) in [4.78, 5) is 68.9. The van der Waals surface area contributed by atoms with Crippen molar-refractivity contribution in [1.29, 1.82) is 0 Å². The number of para-hydroxylation sites is 1. The van der Waals surface area contributed by atoms with Gasteiger partial charge in [0, 0.05) is 44.5 Å². The molecule has 11 nitrogen and oxygen atoms in total. The fraction of sp³-hybridized carbons (Fsp3) is 0.273. The number of anilines is 2. The van der Waals surface area contributed by atoms with Gasteiger partial charge in [-0.25, -0.2) is 0 Å². The molecule has 47 heavy (non-hydrogen) atoms. The molecule has 2 saturated carbocycles. The summed E-state index contributed by atoms with van der Waals surface area (Å²) in [7, 11) is 0. The van der Waals surface area contributed by atoms with Gasteiger partial charge in [-0.3, -0.25) is 34.2 Å². The lowest BCUT2D eigenvalue weighted by atomic mass is 9.68. The molecule has 1 aromatic heterocycles. The third-order valence-corrected chi connectivity index (χ3v) is 12.6. The van der Waals surface area contributed by atoms with Crippen LogP contribution < -0.4 is 19.8 Å². The molecule has 3 aromatic carbocycles. The van der Waals surface area contributed by atoms with Gasteiger partial charge in [0.15, 0.2) is 6.61 Å². The number of aromatic amines is 1. The number of nitro benzene ring substituents is 1. The summed E-state index contributed by atoms with van der Waals surface area (Å²) in [5.41, 5.74) is 1.60. The fourth-order valence-corrected chi connectivity index (χ4v) is 11.1. The molecule has 0 spiro atoms. The number of aromatic nitrogens is 1. The molecule has 4 aromatic rings. The Morgan fingerprint density at radius 1 is 1.00 bits per heavy atom. The van der Waals surface area contributed by atoms with Crippen LogP contribution in [-0.2, 0) is 14.4 Å². The van der Waals surface area contributed by atoms with Crippen molar-refractivity contribution in [2.45, 2.75) is 22.6 Å². The van der Waals surface area contributed by atoms with Crippen LogP contribution in [0, 0.1) is 39.7 Å². The maximum atomic E-state index is 14.0. The predicted molar refractivity (Wildman–Crippen MR) is 176 cm³/mol. The molecule has 0 radical (unpaired) electrons. The Morgan fingerprint density at radius 3 is 2.43 bits per heavy atom. The first-order valence-corrected chi connectivity index (χ1v) is 17.1. The number of carbonyl (C=O) groups excluding carboxylic acids is 3. The summed E-state index contributed by atoms with van der Waals surface area (Å²) in [6.45, 7) is -0.251. The van der Waals surface area contributed by atoms with Crippen LogP contribution in [0.5, 0.6) is 5.75 Å². The quantitative estimate of drug-likeness (QED) is 0.143. The zero-order chi connectivity index (χ0) is 32.6. The average molecular weight is 689 g/mol. The summed E-state index contributed by atoms with van der Waals surface area (Å²) < 4.78 is 6.12. The number of non-ortho nitro benzene ring substituents is 1. The highest BCUT2D eigenvalue weighted by Crippen LogP contribution is 2.69. The van der Waals surface area contributed by atoms with Crippen LogP contribution in [0.3, 0.4) is 0 Å². The number of ether oxygens (including phenoxy) is 1. The van der Waals surface area contributed by atoms with Crippen LogP contribution in [0.15, 0.2) is 82.6 Å². The Kier molecular flexibility index (Phi) is 7.23. The van der Waals surface area contributed by atoms with Crippen molar-refractivity contribution in [2.24, 2.45) is 29.6 Å². The van der Waals surface area contributed by atoms with Crippen LogP contribution in [0.1, 0.15) is 22.8 Å². The van der Waals surface area contributed by atoms with Crippen LogP contribution in [0.4, 0.5) is 17.1 Å². The largest absolute Gasteiger partial charge is 0.483 e. The zero-order valence-corrected chi connectivity index (χ0v) is 26.7. The van der Waals surface area contributed by atoms with Gasteiger partial charge in [0.25, 0.3) is 11.6 Å². The molecule has 2 bridgehead atoms. The lowest BCUT2D eigenvalue weighted by Crippen LogP contribution is -2.42. The number of amides is 3. The number of rotatable bonds is 7. The third-order valence-electron chi connectivity index (χ3n) is 9.78. The number of hydrogen-bond donors (Lipinski definition) is 2. The highest BCUT2D eigenvalue weighted by molar-refractivity contribution is 8.00. The summed E-state index contributed by atoms with van der Waals surface area (Å²) in [5.74, 6) is -2.09. The third kappa shape index (κ3) is 4.86. The minimum atomic E-state index is -0.539. The van der Waals surface area contributed by atoms with Gasteiger partial charge in [-0.15, -0.1) is 11.8 Å². The van der Waals surface area contributed by atoms with Gasteiger partial charge < -0.3 is 15.0 Å². The topological polar surface area (TPSA) is 152 Å². The Labute approximate surface area is 280 Å². The van der Waals surface area contributed by atoms with Gasteiger partial charge in [-0.05, 0) is 66.6 Å². The zero-order valence-electron chi connectivity index (χ0n) is 24.3. The van der Waals surface area contributed by atoms with Crippen molar-refractivity contribution in [3.63, 3.8) is 0 Å². The summed E-state index contributed by atoms with van der Waals surface area (Å²) in [6.07, 6.45) is 0.700. The van der Waals surface area contributed by atoms with Crippen molar-refractivity contribution in [1.82, 2.24) is 4.98 Å². The lowest BCUT2D eigenvalue weighted by molar-refractivity contribution is -0.384. The molecular formula is C33H25ClN4O7S2. The maximum absolute atomic E-state index is 14.0. The number of nitrogens with one attached hydrogen (secondary N) is 2. The fourth-order valence-electron chi connectivity index (χ4n) is 8.09. The minimum absolute atomic E-state index is 0.0428. The van der Waals surface area contributed by atoms with E-state index in [1.807, 2.05) is 18.2 Å². The first-order chi connectivity index (χ1) is 22.7. The number of nitro groups is 1. The molecular weight excluding hydrogens is 664 g/mol. The average Bonchev–Trinajstić information content (AvgIpc) is 3.80. The number of imide groups is 1. The van der Waals surface area contributed by atoms with Crippen LogP contribution in [0.2, 0.25) is 5.02 Å². The van der Waals surface area contributed by atoms with Crippen LogP contribution in [-0.4, -0.2) is 39.5 Å². The molecule has 7 atom stereocenters. The van der Waals surface area contributed by atoms with E-state index < -0.39 is 16.8 Å². The van der Waals surface area contributed by atoms with Crippen molar-refractivity contribution in [3.05, 3.63) is 108 Å². The number of benzene rings is 3. The lowest BCUT2D eigenvalue weighted by Gasteiger charge is -2.43. The van der Waals surface area contributed by atoms with Gasteiger partial charge in [-0.1, -0.05) is 41.1 Å². The Balaban J connectivity index is 1.11. The number of nitrogens with zero attached hydrogens (tertiary/aromatic N) is 2. The Morgan fingerprint density at radius 2 is 1.70 bits per heavy atom. The van der Waals surface area contributed by atoms with Crippen molar-refractivity contribution >= 4 is 69.5 Å². The minimum Gasteiger partial charge on any atom is -0.483 e. The molecule has 2 aliphatic carbocycles. The van der Waals surface area contributed by atoms with E-state index in [4.69, 9.17) is 16.3 Å². The molecule has 2 aliphatic heterocycles. The standard InChI is InChI=1S/C33H25ClN4O7S2/c34-15-5-7-16(8-6-15)35-23(39)14-45-22-4-2-1-3-19(22)24-25-20-13-21(28(25)46-30-29(24)47-33(42)36-30)27-26(20)31(40)37(32(27)41)17-9-11-18(12-10-17)38(43)44/h1-12,20-21,24-28H,13-14H2,(H,35,39)(H,36,42)/t20-,21-,24-,25?,26?,27?,28?/m1/s1. The Hall–Kier alpha value is -4.46. The monoisotopic (exact) mass is 688 g/mol. The van der Waals surface area contributed by atoms with Gasteiger partial charge in [0.1, 0.15) is 5.75 Å². The van der Waals surface area contributed by atoms with Gasteiger partial charge in [-0.2, -0.15) is 0 Å². The van der Waals surface area contributed by atoms with Crippen molar-refractivity contribution in [2.75, 3.05) is 16.8 Å². The maximum Gasteiger partial charge on any atom is 0.305 e. The molecule has 8 rings (SSSR count). The van der Waals surface area contributed by atoms with Gasteiger partial charge in [0.2, 0.25) is 11.8 Å². The summed E-state index contributed by atoms with van der Waals surface area (Å²) >= 11 is 8.67. The number of hydrogen-bond acceptors (Lipinski definition) is 9. The van der Waals surface area contributed by atoms with E-state index in [1.54, 1.807) is 42.1 Å². The van der Waals surface area contributed by atoms with Gasteiger partial charge >= 0.3 is 4.87 Å². The van der Waals surface area contributed by atoms with E-state index in [9.17, 15) is 29.3 Å². The van der Waals surface area contributed by atoms with Gasteiger partial charge in [0.05, 0.1) is 27.5 Å². The molecule has 3 amide bonds. The van der Waals surface area contributed by atoms with E-state index in [2.05, 4.69) is 10.3 Å². The number of fused-ring (bicyclic) bond motifs is 9. The SMILES string of the molecule is O=C(COc1ccccc1[C@H]1c2sc(=O)[nH]c2SC2C1[C@H]1C[C@@H]2C2C(=O)N(c3ccc([N+](=O)[O-])cc3)C(=O)C21)Nc1ccc(Cl)cc1. The smallest absolute Gasteiger partial charge is 0.305 e. The van der Waals surface area contributed by atoms with Crippen LogP contribution in [0.25, 0.3) is 0 Å².